The summed E-state index contributed by atoms with van der Waals surface area (Å²) >= 11 is 0. The molecule has 0 aliphatic heterocycles. The van der Waals surface area contributed by atoms with Gasteiger partial charge in [-0.15, -0.1) is 0 Å². The number of hydrogen-bond donors (Lipinski definition) is 2. The summed E-state index contributed by atoms with van der Waals surface area (Å²) in [7, 11) is 1.44. The molecule has 0 unspecified atom stereocenters. The number of benzene rings is 1. The Hall–Kier alpha value is -1.62. The molecule has 4 nitrogen and oxygen atoms in total. The second-order valence-corrected chi connectivity index (χ2v) is 3.86. The smallest absolute Gasteiger partial charge is 0.255 e. The predicted molar refractivity (Wildman–Crippen MR) is 57.9 cm³/mol. The van der Waals surface area contributed by atoms with Crippen LogP contribution in [0.25, 0.3) is 0 Å². The molecule has 1 rings (SSSR count). The Morgan fingerprint density at radius 2 is 2.12 bits per heavy atom. The van der Waals surface area contributed by atoms with Gasteiger partial charge in [0, 0.05) is 6.07 Å². The van der Waals surface area contributed by atoms with Crippen molar-refractivity contribution in [1.29, 1.82) is 0 Å². The van der Waals surface area contributed by atoms with Crippen LogP contribution < -0.4 is 10.1 Å². The summed E-state index contributed by atoms with van der Waals surface area (Å²) < 4.78 is 18.2. The van der Waals surface area contributed by atoms with Gasteiger partial charge in [0.2, 0.25) is 0 Å². The van der Waals surface area contributed by atoms with Gasteiger partial charge in [0.25, 0.3) is 5.91 Å². The highest BCUT2D eigenvalue weighted by atomic mass is 19.1. The first-order valence-corrected chi connectivity index (χ1v) is 4.72. The summed E-state index contributed by atoms with van der Waals surface area (Å²) in [4.78, 5) is 11.4. The number of ether oxygens (including phenoxy) is 1. The van der Waals surface area contributed by atoms with Crippen LogP contribution in [-0.4, -0.2) is 23.7 Å². The molecular weight excluding hydrogens is 213 g/mol. The first-order chi connectivity index (χ1) is 7.34. The Balaban J connectivity index is 2.92. The lowest BCUT2D eigenvalue weighted by atomic mass is 10.1. The minimum Gasteiger partial charge on any atom is -0.497 e. The maximum Gasteiger partial charge on any atom is 0.255 e. The van der Waals surface area contributed by atoms with Crippen LogP contribution >= 0.6 is 0 Å². The molecule has 5 heteroatoms. The van der Waals surface area contributed by atoms with E-state index in [1.54, 1.807) is 0 Å². The summed E-state index contributed by atoms with van der Waals surface area (Å²) in [5, 5.41) is 11.7. The molecule has 0 fully saturated rings. The Morgan fingerprint density at radius 3 is 2.62 bits per heavy atom. The van der Waals surface area contributed by atoms with E-state index in [1.165, 1.54) is 39.2 Å². The van der Waals surface area contributed by atoms with Crippen LogP contribution in [0.4, 0.5) is 10.1 Å². The molecule has 0 aromatic heterocycles. The first kappa shape index (κ1) is 12.4. The lowest BCUT2D eigenvalue weighted by Crippen LogP contribution is -2.36. The predicted octanol–water partition coefficient (Wildman–Crippen LogP) is 1.54. The fourth-order valence-corrected chi connectivity index (χ4v) is 1.00. The number of carbonyl (C=O) groups is 1. The Morgan fingerprint density at radius 1 is 1.50 bits per heavy atom. The van der Waals surface area contributed by atoms with Gasteiger partial charge in [0.05, 0.1) is 12.8 Å². The molecule has 0 atom stereocenters. The van der Waals surface area contributed by atoms with E-state index >= 15 is 0 Å². The van der Waals surface area contributed by atoms with Crippen LogP contribution in [0.3, 0.4) is 0 Å². The maximum atomic E-state index is 13.3. The van der Waals surface area contributed by atoms with E-state index in [9.17, 15) is 14.3 Å². The number of aliphatic hydroxyl groups is 1. The summed E-state index contributed by atoms with van der Waals surface area (Å²) in [6.07, 6.45) is 0. The van der Waals surface area contributed by atoms with Gasteiger partial charge in [-0.2, -0.15) is 0 Å². The van der Waals surface area contributed by atoms with Crippen molar-refractivity contribution in [2.75, 3.05) is 12.4 Å². The van der Waals surface area contributed by atoms with Crippen molar-refractivity contribution in [2.24, 2.45) is 0 Å². The van der Waals surface area contributed by atoms with Crippen molar-refractivity contribution < 1.29 is 19.0 Å². The van der Waals surface area contributed by atoms with Crippen molar-refractivity contribution in [1.82, 2.24) is 0 Å². The molecule has 0 radical (unpaired) electrons. The third-order valence-corrected chi connectivity index (χ3v) is 1.98. The number of rotatable bonds is 3. The van der Waals surface area contributed by atoms with Gasteiger partial charge in [-0.1, -0.05) is 0 Å². The standard InChI is InChI=1S/C11H14FNO3/c1-11(2,15)10(14)13-9-6-7(16-3)4-5-8(9)12/h4-6,15H,1-3H3,(H,13,14). The van der Waals surface area contributed by atoms with E-state index in [-0.39, 0.29) is 5.69 Å². The first-order valence-electron chi connectivity index (χ1n) is 4.72. The average Bonchev–Trinajstić information content (AvgIpc) is 2.19. The van der Waals surface area contributed by atoms with Crippen molar-refractivity contribution >= 4 is 11.6 Å². The minimum atomic E-state index is -1.56. The molecule has 1 aromatic rings. The maximum absolute atomic E-state index is 13.3. The summed E-state index contributed by atoms with van der Waals surface area (Å²) in [5.41, 5.74) is -1.58. The molecular formula is C11H14FNO3. The fraction of sp³-hybridized carbons (Fsp3) is 0.364. The average molecular weight is 227 g/mol. The molecule has 0 spiro atoms. The minimum absolute atomic E-state index is 0.0218. The Kier molecular flexibility index (Phi) is 3.49. The third kappa shape index (κ3) is 2.93. The number of carbonyl (C=O) groups excluding carboxylic acids is 1. The topological polar surface area (TPSA) is 58.6 Å². The summed E-state index contributed by atoms with van der Waals surface area (Å²) in [6, 6.07) is 3.97. The van der Waals surface area contributed by atoms with Crippen LogP contribution in [0.15, 0.2) is 18.2 Å². The lowest BCUT2D eigenvalue weighted by Gasteiger charge is -2.17. The third-order valence-electron chi connectivity index (χ3n) is 1.98. The zero-order valence-corrected chi connectivity index (χ0v) is 9.37. The quantitative estimate of drug-likeness (QED) is 0.823. The molecule has 0 bridgehead atoms. The van der Waals surface area contributed by atoms with Crippen molar-refractivity contribution in [2.45, 2.75) is 19.4 Å². The Bertz CT molecular complexity index is 399. The molecule has 1 amide bonds. The zero-order valence-electron chi connectivity index (χ0n) is 9.37. The number of nitrogens with one attached hydrogen (secondary N) is 1. The normalized spacial score (nSPS) is 11.1. The molecule has 0 saturated heterocycles. The summed E-state index contributed by atoms with van der Waals surface area (Å²) in [6.45, 7) is 2.64. The number of methoxy groups -OCH3 is 1. The van der Waals surface area contributed by atoms with Gasteiger partial charge < -0.3 is 15.2 Å². The van der Waals surface area contributed by atoms with E-state index in [4.69, 9.17) is 4.74 Å². The molecule has 1 aromatic carbocycles. The molecule has 2 N–H and O–H groups in total. The van der Waals surface area contributed by atoms with E-state index in [1.807, 2.05) is 0 Å². The fourth-order valence-electron chi connectivity index (χ4n) is 1.00. The highest BCUT2D eigenvalue weighted by Gasteiger charge is 2.24. The molecule has 0 heterocycles. The van der Waals surface area contributed by atoms with Crippen molar-refractivity contribution in [3.63, 3.8) is 0 Å². The molecule has 88 valence electrons. The Labute approximate surface area is 93.0 Å². The number of amides is 1. The van der Waals surface area contributed by atoms with Gasteiger partial charge in [-0.3, -0.25) is 4.79 Å². The zero-order chi connectivity index (χ0) is 12.3. The number of anilines is 1. The van der Waals surface area contributed by atoms with Crippen LogP contribution in [0.1, 0.15) is 13.8 Å². The lowest BCUT2D eigenvalue weighted by molar-refractivity contribution is -0.130. The van der Waals surface area contributed by atoms with Crippen LogP contribution in [0.2, 0.25) is 0 Å². The summed E-state index contributed by atoms with van der Waals surface area (Å²) in [5.74, 6) is -0.842. The van der Waals surface area contributed by atoms with Gasteiger partial charge in [-0.05, 0) is 26.0 Å². The van der Waals surface area contributed by atoms with Crippen LogP contribution in [-0.2, 0) is 4.79 Å². The van der Waals surface area contributed by atoms with Gasteiger partial charge in [-0.25, -0.2) is 4.39 Å². The second-order valence-electron chi connectivity index (χ2n) is 3.86. The van der Waals surface area contributed by atoms with E-state index in [0.29, 0.717) is 5.75 Å². The van der Waals surface area contributed by atoms with Crippen molar-refractivity contribution in [3.05, 3.63) is 24.0 Å². The number of halogens is 1. The second kappa shape index (κ2) is 4.49. The van der Waals surface area contributed by atoms with Gasteiger partial charge in [0.15, 0.2) is 0 Å². The highest BCUT2D eigenvalue weighted by molar-refractivity contribution is 5.96. The highest BCUT2D eigenvalue weighted by Crippen LogP contribution is 2.21. The molecule has 0 aliphatic carbocycles. The van der Waals surface area contributed by atoms with E-state index in [0.717, 1.165) is 0 Å². The van der Waals surface area contributed by atoms with Crippen LogP contribution in [0.5, 0.6) is 5.75 Å². The van der Waals surface area contributed by atoms with Crippen LogP contribution in [0, 0.1) is 5.82 Å². The largest absolute Gasteiger partial charge is 0.497 e. The number of hydrogen-bond acceptors (Lipinski definition) is 3. The SMILES string of the molecule is COc1ccc(F)c(NC(=O)C(C)(C)O)c1. The molecule has 16 heavy (non-hydrogen) atoms. The van der Waals surface area contributed by atoms with Gasteiger partial charge in [0.1, 0.15) is 17.2 Å². The molecule has 0 saturated carbocycles. The van der Waals surface area contributed by atoms with E-state index < -0.39 is 17.3 Å². The van der Waals surface area contributed by atoms with E-state index in [2.05, 4.69) is 5.32 Å². The van der Waals surface area contributed by atoms with Gasteiger partial charge >= 0.3 is 0 Å². The monoisotopic (exact) mass is 227 g/mol. The molecule has 0 aliphatic rings. The van der Waals surface area contributed by atoms with Crippen molar-refractivity contribution in [3.8, 4) is 5.75 Å².